The molecule has 2 aromatic rings. The Morgan fingerprint density at radius 1 is 1.37 bits per heavy atom. The molecule has 1 heterocycles. The minimum Gasteiger partial charge on any atom is -0.477 e. The predicted molar refractivity (Wildman–Crippen MR) is 142 cm³/mol. The molecule has 11 heteroatoms. The van der Waals surface area contributed by atoms with E-state index in [4.69, 9.17) is 4.74 Å². The van der Waals surface area contributed by atoms with Gasteiger partial charge in [-0.15, -0.1) is 11.3 Å². The number of hydrogen-bond acceptors (Lipinski definition) is 8. The van der Waals surface area contributed by atoms with Gasteiger partial charge in [0.25, 0.3) is 0 Å². The smallest absolute Gasteiger partial charge is 0.237 e. The second-order valence-corrected chi connectivity index (χ2v) is 11.0. The predicted octanol–water partition coefficient (Wildman–Crippen LogP) is 4.83. The lowest BCUT2D eigenvalue weighted by molar-refractivity contribution is -0.117. The van der Waals surface area contributed by atoms with Crippen LogP contribution in [0.2, 0.25) is 0 Å². The Kier molecular flexibility index (Phi) is 8.79. The highest BCUT2D eigenvalue weighted by atomic mass is 32.2. The van der Waals surface area contributed by atoms with Gasteiger partial charge in [-0.2, -0.15) is 0 Å². The second-order valence-electron chi connectivity index (χ2n) is 8.18. The maximum absolute atomic E-state index is 13.1. The quantitative estimate of drug-likeness (QED) is 0.308. The van der Waals surface area contributed by atoms with Crippen molar-refractivity contribution in [2.24, 2.45) is 9.98 Å². The topological polar surface area (TPSA) is 122 Å². The van der Waals surface area contributed by atoms with Crippen molar-refractivity contribution >= 4 is 50.5 Å². The number of carbonyl (C=O) groups excluding carboxylic acids is 1. The summed E-state index contributed by atoms with van der Waals surface area (Å²) in [5, 5.41) is 4.67. The Balaban J connectivity index is 1.72. The lowest BCUT2D eigenvalue weighted by Crippen LogP contribution is -2.22. The lowest BCUT2D eigenvalue weighted by atomic mass is 10.0. The Morgan fingerprint density at radius 3 is 2.71 bits per heavy atom. The van der Waals surface area contributed by atoms with Crippen molar-refractivity contribution in [1.82, 2.24) is 4.98 Å². The molecule has 1 aliphatic rings. The third kappa shape index (κ3) is 6.98. The number of sulfonamides is 1. The number of hydrogen-bond donors (Lipinski definition) is 2. The molecular formula is C24H31N5O4S2. The highest BCUT2D eigenvalue weighted by Crippen LogP contribution is 2.32. The van der Waals surface area contributed by atoms with E-state index in [0.717, 1.165) is 16.8 Å². The molecule has 188 valence electrons. The van der Waals surface area contributed by atoms with Gasteiger partial charge in [-0.1, -0.05) is 13.0 Å². The zero-order chi connectivity index (χ0) is 25.6. The van der Waals surface area contributed by atoms with Crippen LogP contribution in [-0.4, -0.2) is 43.6 Å². The number of rotatable bonds is 12. The Bertz CT molecular complexity index is 1250. The van der Waals surface area contributed by atoms with E-state index in [-0.39, 0.29) is 11.2 Å². The van der Waals surface area contributed by atoms with Crippen molar-refractivity contribution in [2.45, 2.75) is 58.1 Å². The molecular weight excluding hydrogens is 486 g/mol. The average molecular weight is 518 g/mol. The Hall–Kier alpha value is -3.05. The third-order valence-electron chi connectivity index (χ3n) is 5.47. The maximum atomic E-state index is 13.1. The van der Waals surface area contributed by atoms with Crippen molar-refractivity contribution in [3.63, 3.8) is 0 Å². The molecule has 1 aliphatic carbocycles. The number of aliphatic imine (C=N–C) groups is 2. The molecule has 1 amide bonds. The zero-order valence-electron chi connectivity index (χ0n) is 20.4. The number of aromatic nitrogens is 1. The van der Waals surface area contributed by atoms with Gasteiger partial charge in [-0.3, -0.25) is 14.5 Å². The number of ether oxygens (including phenoxy) is 1. The van der Waals surface area contributed by atoms with Crippen LogP contribution >= 0.6 is 11.3 Å². The minimum atomic E-state index is -3.39. The second kappa shape index (κ2) is 11.6. The number of nitrogens with one attached hydrogen (secondary N) is 2. The molecule has 0 aliphatic heterocycles. The highest BCUT2D eigenvalue weighted by molar-refractivity contribution is 7.93. The van der Waals surface area contributed by atoms with Crippen molar-refractivity contribution in [3.8, 4) is 0 Å². The van der Waals surface area contributed by atoms with E-state index in [9.17, 15) is 13.2 Å². The number of carbonyl (C=O) groups is 1. The van der Waals surface area contributed by atoms with Gasteiger partial charge in [-0.25, -0.2) is 18.4 Å². The summed E-state index contributed by atoms with van der Waals surface area (Å²) in [6.07, 6.45) is 3.33. The largest absolute Gasteiger partial charge is 0.477 e. The van der Waals surface area contributed by atoms with Gasteiger partial charge in [0.15, 0.2) is 5.13 Å². The molecule has 9 nitrogen and oxygen atoms in total. The first kappa shape index (κ1) is 26.6. The van der Waals surface area contributed by atoms with Crippen LogP contribution in [0.4, 0.5) is 10.8 Å². The first-order valence-electron chi connectivity index (χ1n) is 11.4. The van der Waals surface area contributed by atoms with Crippen LogP contribution in [0.3, 0.4) is 0 Å². The average Bonchev–Trinajstić information content (AvgIpc) is 3.58. The van der Waals surface area contributed by atoms with E-state index < -0.39 is 15.9 Å². The highest BCUT2D eigenvalue weighted by Gasteiger charge is 2.36. The van der Waals surface area contributed by atoms with Crippen LogP contribution in [0.25, 0.3) is 0 Å². The van der Waals surface area contributed by atoms with Crippen LogP contribution in [0.5, 0.6) is 0 Å². The molecule has 35 heavy (non-hydrogen) atoms. The standard InChI is InChI=1S/C24H31N5O4S2/c1-6-19(21-14-34-24(28-21)29-35(31,32)18-9-10-18)23(30)27-20-11-8-17(12-15(20)3)16(4)26-22(13-25-5)33-7-2/h8,11-14,18-19H,5-7,9-10H2,1-4H3,(H,27,30)(H,28,29)/b22-13+,26-16?. The molecule has 0 bridgehead atoms. The fourth-order valence-corrected chi connectivity index (χ4v) is 5.77. The molecule has 0 radical (unpaired) electrons. The normalized spacial score (nSPS) is 15.4. The molecule has 1 aromatic carbocycles. The fourth-order valence-electron chi connectivity index (χ4n) is 3.41. The molecule has 1 atom stereocenters. The van der Waals surface area contributed by atoms with Gasteiger partial charge in [-0.05, 0) is 70.0 Å². The van der Waals surface area contributed by atoms with E-state index in [1.165, 1.54) is 17.5 Å². The number of anilines is 2. The van der Waals surface area contributed by atoms with Gasteiger partial charge in [0, 0.05) is 16.8 Å². The lowest BCUT2D eigenvalue weighted by Gasteiger charge is -2.15. The van der Waals surface area contributed by atoms with Gasteiger partial charge in [0.2, 0.25) is 21.8 Å². The summed E-state index contributed by atoms with van der Waals surface area (Å²) in [4.78, 5) is 25.6. The summed E-state index contributed by atoms with van der Waals surface area (Å²) >= 11 is 1.19. The van der Waals surface area contributed by atoms with Crippen molar-refractivity contribution in [1.29, 1.82) is 0 Å². The summed E-state index contributed by atoms with van der Waals surface area (Å²) in [7, 11) is -3.39. The number of benzene rings is 1. The number of thiazole rings is 1. The zero-order valence-corrected chi connectivity index (χ0v) is 22.0. The summed E-state index contributed by atoms with van der Waals surface area (Å²) in [6, 6.07) is 5.65. The van der Waals surface area contributed by atoms with Gasteiger partial charge >= 0.3 is 0 Å². The van der Waals surface area contributed by atoms with E-state index in [1.807, 2.05) is 45.9 Å². The minimum absolute atomic E-state index is 0.200. The summed E-state index contributed by atoms with van der Waals surface area (Å²) in [6.45, 7) is 11.4. The van der Waals surface area contributed by atoms with E-state index in [2.05, 4.69) is 31.7 Å². The molecule has 0 spiro atoms. The summed E-state index contributed by atoms with van der Waals surface area (Å²) in [5.74, 6) is -0.324. The summed E-state index contributed by atoms with van der Waals surface area (Å²) in [5.41, 5.74) is 3.73. The SMILES string of the molecule is C=N/C=C(\N=C(C)c1ccc(NC(=O)C(CC)c2csc(NS(=O)(=O)C3CC3)n2)c(C)c1)OCC. The summed E-state index contributed by atoms with van der Waals surface area (Å²) < 4.78 is 32.3. The molecule has 0 saturated heterocycles. The molecule has 1 aromatic heterocycles. The van der Waals surface area contributed by atoms with Crippen LogP contribution < -0.4 is 10.0 Å². The number of amides is 1. The Labute approximate surface area is 210 Å². The first-order valence-corrected chi connectivity index (χ1v) is 13.8. The van der Waals surface area contributed by atoms with Gasteiger partial charge in [0.1, 0.15) is 0 Å². The third-order valence-corrected chi connectivity index (χ3v) is 8.20. The fraction of sp³-hybridized carbons (Fsp3) is 0.417. The van der Waals surface area contributed by atoms with Crippen LogP contribution in [0.15, 0.2) is 45.6 Å². The Morgan fingerprint density at radius 2 is 2.11 bits per heavy atom. The van der Waals surface area contributed by atoms with E-state index in [0.29, 0.717) is 48.3 Å². The van der Waals surface area contributed by atoms with E-state index in [1.54, 1.807) is 5.38 Å². The van der Waals surface area contributed by atoms with Crippen LogP contribution in [-0.2, 0) is 19.6 Å². The monoisotopic (exact) mass is 517 g/mol. The first-order chi connectivity index (χ1) is 16.7. The van der Waals surface area contributed by atoms with Crippen LogP contribution in [0, 0.1) is 6.92 Å². The molecule has 1 unspecified atom stereocenters. The van der Waals surface area contributed by atoms with Gasteiger partial charge < -0.3 is 10.1 Å². The maximum Gasteiger partial charge on any atom is 0.237 e. The van der Waals surface area contributed by atoms with Crippen LogP contribution in [0.1, 0.15) is 62.8 Å². The number of aryl methyl sites for hydroxylation is 1. The van der Waals surface area contributed by atoms with Crippen molar-refractivity contribution in [3.05, 3.63) is 52.5 Å². The van der Waals surface area contributed by atoms with Crippen molar-refractivity contribution in [2.75, 3.05) is 16.6 Å². The molecule has 1 saturated carbocycles. The van der Waals surface area contributed by atoms with Gasteiger partial charge in [0.05, 0.1) is 29.7 Å². The molecule has 2 N–H and O–H groups in total. The molecule has 1 fully saturated rings. The molecule has 3 rings (SSSR count). The van der Waals surface area contributed by atoms with Crippen molar-refractivity contribution < 1.29 is 17.9 Å². The number of nitrogens with zero attached hydrogens (tertiary/aromatic N) is 3. The van der Waals surface area contributed by atoms with E-state index >= 15 is 0 Å².